The van der Waals surface area contributed by atoms with Crippen LogP contribution in [-0.2, 0) is 0 Å². The number of aryl methyl sites for hydroxylation is 1. The molecule has 3 aromatic carbocycles. The van der Waals surface area contributed by atoms with E-state index in [9.17, 15) is 9.18 Å². The second kappa shape index (κ2) is 5.90. The summed E-state index contributed by atoms with van der Waals surface area (Å²) in [6.07, 6.45) is 0. The van der Waals surface area contributed by atoms with Crippen LogP contribution in [0, 0.1) is 12.7 Å². The van der Waals surface area contributed by atoms with Gasteiger partial charge >= 0.3 is 0 Å². The highest BCUT2D eigenvalue weighted by Crippen LogP contribution is 2.32. The number of fused-ring (bicyclic) bond motifs is 3. The first-order chi connectivity index (χ1) is 12.0. The van der Waals surface area contributed by atoms with Crippen LogP contribution < -0.4 is 5.32 Å². The van der Waals surface area contributed by atoms with Gasteiger partial charge in [0, 0.05) is 21.4 Å². The third kappa shape index (κ3) is 2.65. The third-order valence-corrected chi connectivity index (χ3v) is 4.45. The van der Waals surface area contributed by atoms with Crippen LogP contribution in [0.2, 0.25) is 5.02 Å². The molecule has 0 spiro atoms. The van der Waals surface area contributed by atoms with E-state index < -0.39 is 11.7 Å². The number of halogens is 2. The predicted octanol–water partition coefficient (Wildman–Crippen LogP) is 5.94. The summed E-state index contributed by atoms with van der Waals surface area (Å²) >= 11 is 5.73. The maximum absolute atomic E-state index is 13.9. The highest BCUT2D eigenvalue weighted by Gasteiger charge is 2.20. The molecule has 0 saturated carbocycles. The molecule has 0 atom stereocenters. The van der Waals surface area contributed by atoms with E-state index in [2.05, 4.69) is 5.32 Å². The Labute approximate surface area is 148 Å². The molecular weight excluding hydrogens is 341 g/mol. The van der Waals surface area contributed by atoms with Gasteiger partial charge in [-0.05, 0) is 30.5 Å². The summed E-state index contributed by atoms with van der Waals surface area (Å²) in [6.45, 7) is 1.81. The second-order valence-corrected chi connectivity index (χ2v) is 6.23. The Bertz CT molecular complexity index is 1130. The van der Waals surface area contributed by atoms with E-state index in [1.165, 1.54) is 12.1 Å². The Morgan fingerprint density at radius 3 is 2.68 bits per heavy atom. The molecule has 0 unspecified atom stereocenters. The van der Waals surface area contributed by atoms with Gasteiger partial charge in [0.2, 0.25) is 0 Å². The van der Waals surface area contributed by atoms with Crippen molar-refractivity contribution in [3.63, 3.8) is 0 Å². The van der Waals surface area contributed by atoms with Crippen molar-refractivity contribution in [1.29, 1.82) is 0 Å². The topological polar surface area (TPSA) is 42.2 Å². The Morgan fingerprint density at radius 1 is 1.08 bits per heavy atom. The molecule has 0 aliphatic rings. The molecule has 0 saturated heterocycles. The molecule has 0 aliphatic heterocycles. The summed E-state index contributed by atoms with van der Waals surface area (Å²) in [5.41, 5.74) is 1.42. The van der Waals surface area contributed by atoms with E-state index in [1.54, 1.807) is 0 Å². The Morgan fingerprint density at radius 2 is 1.88 bits per heavy atom. The first-order valence-electron chi connectivity index (χ1n) is 7.72. The van der Waals surface area contributed by atoms with E-state index in [1.807, 2.05) is 43.3 Å². The van der Waals surface area contributed by atoms with Gasteiger partial charge in [-0.2, -0.15) is 0 Å². The van der Waals surface area contributed by atoms with E-state index in [-0.39, 0.29) is 16.5 Å². The summed E-state index contributed by atoms with van der Waals surface area (Å²) in [5, 5.41) is 5.62. The number of hydrogen-bond donors (Lipinski definition) is 1. The second-order valence-electron chi connectivity index (χ2n) is 5.80. The van der Waals surface area contributed by atoms with Crippen molar-refractivity contribution in [2.45, 2.75) is 6.92 Å². The van der Waals surface area contributed by atoms with Gasteiger partial charge in [0.25, 0.3) is 5.91 Å². The van der Waals surface area contributed by atoms with Crippen molar-refractivity contribution < 1.29 is 13.6 Å². The normalized spacial score (nSPS) is 11.2. The first-order valence-corrected chi connectivity index (χ1v) is 8.09. The zero-order valence-corrected chi connectivity index (χ0v) is 14.0. The van der Waals surface area contributed by atoms with E-state index in [4.69, 9.17) is 16.0 Å². The minimum absolute atomic E-state index is 0.0547. The lowest BCUT2D eigenvalue weighted by molar-refractivity contribution is 0.0997. The van der Waals surface area contributed by atoms with Gasteiger partial charge in [0.1, 0.15) is 11.4 Å². The number of furan rings is 1. The summed E-state index contributed by atoms with van der Waals surface area (Å²) < 4.78 is 19.8. The van der Waals surface area contributed by atoms with Crippen molar-refractivity contribution in [2.75, 3.05) is 5.32 Å². The quantitative estimate of drug-likeness (QED) is 0.484. The van der Waals surface area contributed by atoms with Crippen molar-refractivity contribution in [3.05, 3.63) is 76.8 Å². The lowest BCUT2D eigenvalue weighted by atomic mass is 10.1. The zero-order valence-electron chi connectivity index (χ0n) is 13.3. The number of amides is 1. The Hall–Kier alpha value is -2.85. The Kier molecular flexibility index (Phi) is 3.70. The maximum atomic E-state index is 13.9. The summed E-state index contributed by atoms with van der Waals surface area (Å²) in [6, 6.07) is 15.8. The number of carbonyl (C=O) groups is 1. The van der Waals surface area contributed by atoms with Gasteiger partial charge in [-0.25, -0.2) is 4.39 Å². The number of carbonyl (C=O) groups excluding carboxylic acids is 1. The monoisotopic (exact) mass is 353 g/mol. The van der Waals surface area contributed by atoms with Crippen molar-refractivity contribution in [3.8, 4) is 0 Å². The lowest BCUT2D eigenvalue weighted by Gasteiger charge is -2.05. The molecule has 3 nitrogen and oxygen atoms in total. The van der Waals surface area contributed by atoms with Gasteiger partial charge < -0.3 is 9.73 Å². The molecule has 4 aromatic rings. The van der Waals surface area contributed by atoms with Gasteiger partial charge in [-0.15, -0.1) is 0 Å². The van der Waals surface area contributed by atoms with Crippen LogP contribution in [0.4, 0.5) is 10.1 Å². The summed E-state index contributed by atoms with van der Waals surface area (Å²) in [7, 11) is 0. The molecule has 1 N–H and O–H groups in total. The molecule has 1 aromatic heterocycles. The average Bonchev–Trinajstić information content (AvgIpc) is 2.95. The Balaban J connectivity index is 1.79. The van der Waals surface area contributed by atoms with E-state index in [0.717, 1.165) is 22.2 Å². The van der Waals surface area contributed by atoms with Crippen LogP contribution in [0.15, 0.2) is 59.0 Å². The van der Waals surface area contributed by atoms with Crippen LogP contribution in [-0.4, -0.2) is 5.91 Å². The molecular formula is C20H13ClFNO2. The van der Waals surface area contributed by atoms with Crippen molar-refractivity contribution >= 4 is 44.9 Å². The first kappa shape index (κ1) is 15.7. The minimum atomic E-state index is -0.597. The van der Waals surface area contributed by atoms with Crippen LogP contribution >= 0.6 is 11.6 Å². The number of nitrogens with one attached hydrogen (secondary N) is 1. The summed E-state index contributed by atoms with van der Waals surface area (Å²) in [5.74, 6) is -0.931. The van der Waals surface area contributed by atoms with Gasteiger partial charge in [0.15, 0.2) is 5.76 Å². The number of hydrogen-bond acceptors (Lipinski definition) is 2. The average molecular weight is 354 g/mol. The van der Waals surface area contributed by atoms with E-state index in [0.29, 0.717) is 11.1 Å². The van der Waals surface area contributed by atoms with Crippen molar-refractivity contribution in [2.24, 2.45) is 0 Å². The number of benzene rings is 3. The molecule has 0 fully saturated rings. The van der Waals surface area contributed by atoms with Crippen LogP contribution in [0.3, 0.4) is 0 Å². The molecule has 0 aliphatic carbocycles. The fraction of sp³-hybridized carbons (Fsp3) is 0.0500. The minimum Gasteiger partial charge on any atom is -0.450 e. The van der Waals surface area contributed by atoms with Crippen molar-refractivity contribution in [1.82, 2.24) is 0 Å². The van der Waals surface area contributed by atoms with Gasteiger partial charge in [-0.1, -0.05) is 48.0 Å². The van der Waals surface area contributed by atoms with E-state index >= 15 is 0 Å². The largest absolute Gasteiger partial charge is 0.450 e. The molecule has 1 heterocycles. The summed E-state index contributed by atoms with van der Waals surface area (Å²) in [4.78, 5) is 12.6. The molecule has 25 heavy (non-hydrogen) atoms. The van der Waals surface area contributed by atoms with Gasteiger partial charge in [0.05, 0.1) is 5.69 Å². The van der Waals surface area contributed by atoms with Crippen LogP contribution in [0.1, 0.15) is 16.1 Å². The predicted molar refractivity (Wildman–Crippen MR) is 97.8 cm³/mol. The van der Waals surface area contributed by atoms with Crippen LogP contribution in [0.5, 0.6) is 0 Å². The number of anilines is 1. The highest BCUT2D eigenvalue weighted by molar-refractivity contribution is 6.30. The lowest BCUT2D eigenvalue weighted by Crippen LogP contribution is -2.13. The highest BCUT2D eigenvalue weighted by atomic mass is 35.5. The third-order valence-electron chi connectivity index (χ3n) is 4.21. The maximum Gasteiger partial charge on any atom is 0.291 e. The smallest absolute Gasteiger partial charge is 0.291 e. The molecule has 124 valence electrons. The fourth-order valence-electron chi connectivity index (χ4n) is 2.94. The fourth-order valence-corrected chi connectivity index (χ4v) is 3.09. The number of rotatable bonds is 2. The molecule has 0 radical (unpaired) electrons. The van der Waals surface area contributed by atoms with Gasteiger partial charge in [-0.3, -0.25) is 4.79 Å². The standard InChI is InChI=1S/C20H13ClFNO2/c1-11-14-8-6-12-4-2-3-5-15(12)19(14)25-18(11)20(24)23-17-9-7-13(21)10-16(17)22/h2-10H,1H3,(H,23,24). The van der Waals surface area contributed by atoms with Crippen LogP contribution in [0.25, 0.3) is 21.7 Å². The molecule has 0 bridgehead atoms. The molecule has 4 rings (SSSR count). The molecule has 1 amide bonds. The SMILES string of the molecule is Cc1c(C(=O)Nc2ccc(Cl)cc2F)oc2c1ccc1ccccc12. The molecule has 5 heteroatoms. The zero-order chi connectivity index (χ0) is 17.6.